The first kappa shape index (κ1) is 16.2. The number of carboxylic acid groups (broad SMARTS) is 1. The molecule has 1 aliphatic rings. The Labute approximate surface area is 133 Å². The monoisotopic (exact) mass is 327 g/mol. The van der Waals surface area contributed by atoms with E-state index in [9.17, 15) is 9.59 Å². The maximum atomic E-state index is 11.4. The van der Waals surface area contributed by atoms with Crippen molar-refractivity contribution in [3.8, 4) is 0 Å². The minimum atomic E-state index is -0.891. The topological polar surface area (TPSA) is 80.4 Å². The molecule has 0 atom stereocenters. The molecule has 0 aliphatic heterocycles. The van der Waals surface area contributed by atoms with Crippen LogP contribution in [0.4, 0.5) is 4.79 Å². The van der Waals surface area contributed by atoms with Gasteiger partial charge in [0.25, 0.3) is 5.24 Å². The lowest BCUT2D eigenvalue weighted by molar-refractivity contribution is -0.136. The molecular formula is C15H18ClNO3S. The summed E-state index contributed by atoms with van der Waals surface area (Å²) in [6.45, 7) is 0. The van der Waals surface area contributed by atoms with Gasteiger partial charge in [-0.2, -0.15) is 0 Å². The second-order valence-electron chi connectivity index (χ2n) is 5.36. The molecule has 21 heavy (non-hydrogen) atoms. The smallest absolute Gasteiger partial charge is 0.307 e. The number of hydrogen-bond acceptors (Lipinski definition) is 3. The minimum absolute atomic E-state index is 0.0596. The lowest BCUT2D eigenvalue weighted by Gasteiger charge is -2.36. The highest BCUT2D eigenvalue weighted by atomic mass is 35.5. The molecule has 0 aromatic heterocycles. The number of amides is 1. The highest BCUT2D eigenvalue weighted by Crippen LogP contribution is 2.50. The molecule has 1 aliphatic carbocycles. The van der Waals surface area contributed by atoms with Crippen LogP contribution in [-0.4, -0.2) is 16.3 Å². The number of nitrogens with two attached hydrogens (primary N) is 1. The van der Waals surface area contributed by atoms with Gasteiger partial charge in [0.05, 0.1) is 11.2 Å². The molecule has 114 valence electrons. The summed E-state index contributed by atoms with van der Waals surface area (Å²) < 4.78 is -0.372. The Morgan fingerprint density at radius 1 is 1.29 bits per heavy atom. The fraction of sp³-hybridized carbons (Fsp3) is 0.467. The van der Waals surface area contributed by atoms with Crippen molar-refractivity contribution < 1.29 is 14.7 Å². The van der Waals surface area contributed by atoms with Crippen LogP contribution in [0.15, 0.2) is 18.2 Å². The van der Waals surface area contributed by atoms with Crippen LogP contribution in [0.25, 0.3) is 0 Å². The predicted molar refractivity (Wildman–Crippen MR) is 84.7 cm³/mol. The Hall–Kier alpha value is -1.20. The Morgan fingerprint density at radius 2 is 1.95 bits per heavy atom. The van der Waals surface area contributed by atoms with E-state index < -0.39 is 11.2 Å². The summed E-state index contributed by atoms with van der Waals surface area (Å²) in [5.74, 6) is -0.891. The van der Waals surface area contributed by atoms with Gasteiger partial charge in [-0.3, -0.25) is 9.59 Å². The van der Waals surface area contributed by atoms with Crippen LogP contribution in [0.1, 0.15) is 43.2 Å². The number of aliphatic carboxylic acids is 1. The van der Waals surface area contributed by atoms with Crippen LogP contribution in [0.5, 0.6) is 0 Å². The van der Waals surface area contributed by atoms with Gasteiger partial charge in [-0.25, -0.2) is 0 Å². The van der Waals surface area contributed by atoms with Gasteiger partial charge >= 0.3 is 5.97 Å². The fourth-order valence-corrected chi connectivity index (χ4v) is 4.56. The summed E-state index contributed by atoms with van der Waals surface area (Å²) in [4.78, 5) is 22.2. The SMILES string of the molecule is NC(=O)SC1(c2ccc(CC(=O)O)cc2Cl)CCCCC1. The highest BCUT2D eigenvalue weighted by molar-refractivity contribution is 8.14. The first-order valence-electron chi connectivity index (χ1n) is 6.92. The van der Waals surface area contributed by atoms with Gasteiger partial charge in [-0.15, -0.1) is 0 Å². The van der Waals surface area contributed by atoms with Crippen LogP contribution in [0.2, 0.25) is 5.02 Å². The van der Waals surface area contributed by atoms with Crippen molar-refractivity contribution in [2.75, 3.05) is 0 Å². The molecule has 0 radical (unpaired) electrons. The number of benzene rings is 1. The molecule has 0 unspecified atom stereocenters. The molecule has 4 nitrogen and oxygen atoms in total. The number of halogens is 1. The van der Waals surface area contributed by atoms with E-state index in [4.69, 9.17) is 22.4 Å². The Morgan fingerprint density at radius 3 is 2.48 bits per heavy atom. The molecule has 6 heteroatoms. The van der Waals surface area contributed by atoms with Gasteiger partial charge in [0.1, 0.15) is 0 Å². The van der Waals surface area contributed by atoms with E-state index in [0.717, 1.165) is 49.4 Å². The number of primary amides is 1. The summed E-state index contributed by atoms with van der Waals surface area (Å²) in [6, 6.07) is 5.30. The second-order valence-corrected chi connectivity index (χ2v) is 7.16. The maximum Gasteiger partial charge on any atom is 0.307 e. The minimum Gasteiger partial charge on any atom is -0.481 e. The number of carboxylic acids is 1. The molecule has 1 amide bonds. The summed E-state index contributed by atoms with van der Waals surface area (Å²) >= 11 is 7.51. The zero-order valence-electron chi connectivity index (χ0n) is 11.6. The molecule has 3 N–H and O–H groups in total. The molecule has 1 fully saturated rings. The second kappa shape index (κ2) is 6.71. The zero-order valence-corrected chi connectivity index (χ0v) is 13.2. The van der Waals surface area contributed by atoms with Crippen molar-refractivity contribution in [3.05, 3.63) is 34.3 Å². The van der Waals surface area contributed by atoms with E-state index >= 15 is 0 Å². The van der Waals surface area contributed by atoms with Gasteiger partial charge < -0.3 is 10.8 Å². The van der Waals surface area contributed by atoms with Crippen LogP contribution in [-0.2, 0) is 16.0 Å². The standard InChI is InChI=1S/C15H18ClNO3S/c16-12-8-10(9-13(18)19)4-5-11(12)15(21-14(17)20)6-2-1-3-7-15/h4-5,8H,1-3,6-7,9H2,(H2,17,20)(H,18,19). The first-order valence-corrected chi connectivity index (χ1v) is 8.11. The van der Waals surface area contributed by atoms with Crippen LogP contribution in [0.3, 0.4) is 0 Å². The van der Waals surface area contributed by atoms with Gasteiger partial charge in [-0.1, -0.05) is 54.8 Å². The molecule has 2 rings (SSSR count). The highest BCUT2D eigenvalue weighted by Gasteiger charge is 2.38. The average Bonchev–Trinajstić information content (AvgIpc) is 2.38. The van der Waals surface area contributed by atoms with Gasteiger partial charge in [0, 0.05) is 5.02 Å². The number of thioether (sulfide) groups is 1. The molecular weight excluding hydrogens is 310 g/mol. The molecule has 1 aromatic carbocycles. The van der Waals surface area contributed by atoms with Crippen LogP contribution in [0, 0.1) is 0 Å². The van der Waals surface area contributed by atoms with Gasteiger partial charge in [0.15, 0.2) is 0 Å². The lowest BCUT2D eigenvalue weighted by atomic mass is 9.82. The van der Waals surface area contributed by atoms with E-state index in [2.05, 4.69) is 0 Å². The van der Waals surface area contributed by atoms with Crippen LogP contribution >= 0.6 is 23.4 Å². The molecule has 0 bridgehead atoms. The first-order chi connectivity index (χ1) is 9.93. The van der Waals surface area contributed by atoms with E-state index in [-0.39, 0.29) is 11.2 Å². The van der Waals surface area contributed by atoms with Gasteiger partial charge in [0.2, 0.25) is 0 Å². The fourth-order valence-electron chi connectivity index (χ4n) is 2.95. The number of rotatable bonds is 4. The summed E-state index contributed by atoms with van der Waals surface area (Å²) in [5.41, 5.74) is 6.94. The summed E-state index contributed by atoms with van der Waals surface area (Å²) in [6.07, 6.45) is 4.88. The van der Waals surface area contributed by atoms with Crippen molar-refractivity contribution in [2.45, 2.75) is 43.3 Å². The quantitative estimate of drug-likeness (QED) is 0.877. The molecule has 0 saturated heterocycles. The summed E-state index contributed by atoms with van der Waals surface area (Å²) in [7, 11) is 0. The molecule has 1 saturated carbocycles. The van der Waals surface area contributed by atoms with Crippen molar-refractivity contribution in [1.82, 2.24) is 0 Å². The Bertz CT molecular complexity index is 556. The Balaban J connectivity index is 2.35. The third kappa shape index (κ3) is 3.92. The normalized spacial score (nSPS) is 17.4. The van der Waals surface area contributed by atoms with E-state index in [1.54, 1.807) is 12.1 Å². The van der Waals surface area contributed by atoms with E-state index in [1.807, 2.05) is 6.07 Å². The summed E-state index contributed by atoms with van der Waals surface area (Å²) in [5, 5.41) is 8.95. The van der Waals surface area contributed by atoms with Crippen molar-refractivity contribution >= 4 is 34.6 Å². The number of carbonyl (C=O) groups excluding carboxylic acids is 1. The number of hydrogen-bond donors (Lipinski definition) is 2. The van der Waals surface area contributed by atoms with Crippen molar-refractivity contribution in [2.24, 2.45) is 5.73 Å². The van der Waals surface area contributed by atoms with Crippen molar-refractivity contribution in [1.29, 1.82) is 0 Å². The largest absolute Gasteiger partial charge is 0.481 e. The third-order valence-electron chi connectivity index (χ3n) is 3.84. The lowest BCUT2D eigenvalue weighted by Crippen LogP contribution is -2.29. The van der Waals surface area contributed by atoms with Gasteiger partial charge in [-0.05, 0) is 30.0 Å². The zero-order chi connectivity index (χ0) is 15.5. The van der Waals surface area contributed by atoms with Crippen molar-refractivity contribution in [3.63, 3.8) is 0 Å². The van der Waals surface area contributed by atoms with E-state index in [1.165, 1.54) is 0 Å². The molecule has 1 aromatic rings. The third-order valence-corrected chi connectivity index (χ3v) is 5.37. The predicted octanol–water partition coefficient (Wildman–Crippen LogP) is 3.94. The van der Waals surface area contributed by atoms with E-state index in [0.29, 0.717) is 10.6 Å². The molecule has 0 heterocycles. The maximum absolute atomic E-state index is 11.4. The molecule has 0 spiro atoms. The van der Waals surface area contributed by atoms with Crippen LogP contribution < -0.4 is 5.73 Å². The average molecular weight is 328 g/mol. The number of carbonyl (C=O) groups is 2. The Kier molecular flexibility index (Phi) is 5.17.